The van der Waals surface area contributed by atoms with Gasteiger partial charge < -0.3 is 10.4 Å². The molecular weight excluding hydrogens is 290 g/mol. The molecule has 0 aromatic heterocycles. The van der Waals surface area contributed by atoms with Crippen molar-refractivity contribution in [2.75, 3.05) is 0 Å². The molecule has 0 spiro atoms. The van der Waals surface area contributed by atoms with Crippen molar-refractivity contribution in [1.29, 1.82) is 0 Å². The molecule has 1 aromatic carbocycles. The normalized spacial score (nSPS) is 13.2. The van der Waals surface area contributed by atoms with Crippen LogP contribution in [0, 0.1) is 5.92 Å². The van der Waals surface area contributed by atoms with Crippen molar-refractivity contribution < 1.29 is 14.7 Å². The number of rotatable bonds is 8. The molecule has 21 heavy (non-hydrogen) atoms. The summed E-state index contributed by atoms with van der Waals surface area (Å²) in [6, 6.07) is 6.43. The van der Waals surface area contributed by atoms with Crippen LogP contribution in [0.15, 0.2) is 36.9 Å². The van der Waals surface area contributed by atoms with E-state index in [4.69, 9.17) is 16.7 Å². The van der Waals surface area contributed by atoms with Gasteiger partial charge in [0.05, 0.1) is 0 Å². The van der Waals surface area contributed by atoms with Gasteiger partial charge in [-0.3, -0.25) is 4.79 Å². The van der Waals surface area contributed by atoms with E-state index in [1.807, 2.05) is 18.2 Å². The number of carboxylic acids is 1. The average Bonchev–Trinajstić information content (AvgIpc) is 2.45. The molecule has 5 heteroatoms. The van der Waals surface area contributed by atoms with Crippen LogP contribution in [-0.4, -0.2) is 23.0 Å². The van der Waals surface area contributed by atoms with Crippen molar-refractivity contribution in [3.05, 3.63) is 47.5 Å². The molecule has 1 aromatic rings. The van der Waals surface area contributed by atoms with Crippen molar-refractivity contribution in [3.63, 3.8) is 0 Å². The fraction of sp³-hybridized carbons (Fsp3) is 0.375. The van der Waals surface area contributed by atoms with Crippen molar-refractivity contribution in [2.45, 2.75) is 32.2 Å². The van der Waals surface area contributed by atoms with Gasteiger partial charge in [0.2, 0.25) is 5.91 Å². The van der Waals surface area contributed by atoms with E-state index in [-0.39, 0.29) is 11.8 Å². The molecule has 0 aliphatic rings. The standard InChI is InChI=1S/C16H20ClNO3/c1-3-4-9-14(16(20)21)18-15(19)11(2)10-12-7-5-6-8-13(12)17/h3,5-8,11,14H,1,4,9-10H2,2H3,(H,18,19)(H,20,21). The summed E-state index contributed by atoms with van der Waals surface area (Å²) in [5.41, 5.74) is 0.875. The van der Waals surface area contributed by atoms with Gasteiger partial charge in [-0.15, -0.1) is 6.58 Å². The fourth-order valence-electron chi connectivity index (χ4n) is 1.94. The number of allylic oxidation sites excluding steroid dienone is 1. The van der Waals surface area contributed by atoms with Crippen molar-refractivity contribution in [1.82, 2.24) is 5.32 Å². The van der Waals surface area contributed by atoms with Crippen molar-refractivity contribution in [3.8, 4) is 0 Å². The van der Waals surface area contributed by atoms with Gasteiger partial charge in [-0.1, -0.05) is 42.8 Å². The Labute approximate surface area is 129 Å². The summed E-state index contributed by atoms with van der Waals surface area (Å²) in [5, 5.41) is 12.3. The molecule has 114 valence electrons. The minimum Gasteiger partial charge on any atom is -0.480 e. The lowest BCUT2D eigenvalue weighted by atomic mass is 9.99. The highest BCUT2D eigenvalue weighted by Crippen LogP contribution is 2.19. The predicted octanol–water partition coefficient (Wildman–Crippen LogP) is 3.05. The van der Waals surface area contributed by atoms with Crippen LogP contribution in [0.5, 0.6) is 0 Å². The van der Waals surface area contributed by atoms with E-state index in [2.05, 4.69) is 11.9 Å². The van der Waals surface area contributed by atoms with E-state index in [0.29, 0.717) is 24.3 Å². The first kappa shape index (κ1) is 17.2. The maximum Gasteiger partial charge on any atom is 0.326 e. The first-order chi connectivity index (χ1) is 9.95. The number of amides is 1. The molecule has 2 unspecified atom stereocenters. The molecule has 0 saturated heterocycles. The lowest BCUT2D eigenvalue weighted by Gasteiger charge is -2.17. The highest BCUT2D eigenvalue weighted by Gasteiger charge is 2.22. The van der Waals surface area contributed by atoms with E-state index < -0.39 is 12.0 Å². The van der Waals surface area contributed by atoms with Gasteiger partial charge in [0.1, 0.15) is 6.04 Å². The first-order valence-corrected chi connectivity index (χ1v) is 7.21. The van der Waals surface area contributed by atoms with Crippen molar-refractivity contribution in [2.24, 2.45) is 5.92 Å². The Morgan fingerprint density at radius 3 is 2.67 bits per heavy atom. The van der Waals surface area contributed by atoms with Gasteiger partial charge in [-0.05, 0) is 30.9 Å². The number of carboxylic acid groups (broad SMARTS) is 1. The van der Waals surface area contributed by atoms with Crippen LogP contribution in [0.25, 0.3) is 0 Å². The Bertz CT molecular complexity index is 516. The number of carbonyl (C=O) groups excluding carboxylic acids is 1. The van der Waals surface area contributed by atoms with Crippen LogP contribution >= 0.6 is 11.6 Å². The number of nitrogens with one attached hydrogen (secondary N) is 1. The largest absolute Gasteiger partial charge is 0.480 e. The third kappa shape index (κ3) is 5.60. The summed E-state index contributed by atoms with van der Waals surface area (Å²) in [5.74, 6) is -1.67. The number of aliphatic carboxylic acids is 1. The highest BCUT2D eigenvalue weighted by atomic mass is 35.5. The summed E-state index contributed by atoms with van der Waals surface area (Å²) in [6.07, 6.45) is 2.98. The summed E-state index contributed by atoms with van der Waals surface area (Å²) in [7, 11) is 0. The molecule has 0 bridgehead atoms. The zero-order valence-corrected chi connectivity index (χ0v) is 12.8. The van der Waals surface area contributed by atoms with Gasteiger partial charge >= 0.3 is 5.97 Å². The van der Waals surface area contributed by atoms with Gasteiger partial charge in [-0.25, -0.2) is 4.79 Å². The molecular formula is C16H20ClNO3. The molecule has 0 aliphatic heterocycles. The fourth-order valence-corrected chi connectivity index (χ4v) is 2.16. The van der Waals surface area contributed by atoms with E-state index in [1.165, 1.54) is 0 Å². The van der Waals surface area contributed by atoms with E-state index >= 15 is 0 Å². The second kappa shape index (κ2) is 8.47. The number of carbonyl (C=O) groups is 2. The lowest BCUT2D eigenvalue weighted by molar-refractivity contribution is -0.142. The Hall–Kier alpha value is -1.81. The molecule has 1 amide bonds. The second-order valence-corrected chi connectivity index (χ2v) is 5.37. The van der Waals surface area contributed by atoms with E-state index in [0.717, 1.165) is 5.56 Å². The quantitative estimate of drug-likeness (QED) is 0.725. The maximum atomic E-state index is 12.1. The smallest absolute Gasteiger partial charge is 0.326 e. The van der Waals surface area contributed by atoms with Gasteiger partial charge in [-0.2, -0.15) is 0 Å². The molecule has 1 rings (SSSR count). The predicted molar refractivity (Wildman–Crippen MR) is 83.3 cm³/mol. The monoisotopic (exact) mass is 309 g/mol. The molecule has 0 heterocycles. The number of hydrogen-bond donors (Lipinski definition) is 2. The van der Waals surface area contributed by atoms with Crippen LogP contribution in [-0.2, 0) is 16.0 Å². The summed E-state index contributed by atoms with van der Waals surface area (Å²) < 4.78 is 0. The summed E-state index contributed by atoms with van der Waals surface area (Å²) >= 11 is 6.06. The third-order valence-corrected chi connectivity index (χ3v) is 3.57. The molecule has 0 fully saturated rings. The van der Waals surface area contributed by atoms with E-state index in [9.17, 15) is 9.59 Å². The van der Waals surface area contributed by atoms with Crippen LogP contribution in [0.1, 0.15) is 25.3 Å². The molecule has 2 atom stereocenters. The Balaban J connectivity index is 2.63. The highest BCUT2D eigenvalue weighted by molar-refractivity contribution is 6.31. The third-order valence-electron chi connectivity index (χ3n) is 3.21. The molecule has 2 N–H and O–H groups in total. The number of halogens is 1. The summed E-state index contributed by atoms with van der Waals surface area (Å²) in [6.45, 7) is 5.31. The van der Waals surface area contributed by atoms with Crippen LogP contribution in [0.3, 0.4) is 0 Å². The average molecular weight is 310 g/mol. The first-order valence-electron chi connectivity index (χ1n) is 6.83. The van der Waals surface area contributed by atoms with Crippen molar-refractivity contribution >= 4 is 23.5 Å². The molecule has 0 radical (unpaired) electrons. The van der Waals surface area contributed by atoms with Crippen LogP contribution < -0.4 is 5.32 Å². The van der Waals surface area contributed by atoms with Gasteiger partial charge in [0.25, 0.3) is 0 Å². The number of benzene rings is 1. The maximum absolute atomic E-state index is 12.1. The zero-order valence-electron chi connectivity index (χ0n) is 12.0. The number of hydrogen-bond acceptors (Lipinski definition) is 2. The zero-order chi connectivity index (χ0) is 15.8. The van der Waals surface area contributed by atoms with Gasteiger partial charge in [0.15, 0.2) is 0 Å². The topological polar surface area (TPSA) is 66.4 Å². The Kier molecular flexibility index (Phi) is 6.96. The SMILES string of the molecule is C=CCCC(NC(=O)C(C)Cc1ccccc1Cl)C(=O)O. The molecule has 0 aliphatic carbocycles. The van der Waals surface area contributed by atoms with Gasteiger partial charge in [0, 0.05) is 10.9 Å². The molecule has 4 nitrogen and oxygen atoms in total. The lowest BCUT2D eigenvalue weighted by Crippen LogP contribution is -2.43. The van der Waals surface area contributed by atoms with Crippen LogP contribution in [0.2, 0.25) is 5.02 Å². The Morgan fingerprint density at radius 2 is 2.10 bits per heavy atom. The van der Waals surface area contributed by atoms with Crippen LogP contribution in [0.4, 0.5) is 0 Å². The second-order valence-electron chi connectivity index (χ2n) is 4.96. The van der Waals surface area contributed by atoms with E-state index in [1.54, 1.807) is 19.1 Å². The minimum atomic E-state index is -1.03. The minimum absolute atomic E-state index is 0.286. The Morgan fingerprint density at radius 1 is 1.43 bits per heavy atom. The summed E-state index contributed by atoms with van der Waals surface area (Å²) in [4.78, 5) is 23.2. The molecule has 0 saturated carbocycles.